The van der Waals surface area contributed by atoms with E-state index in [0.717, 1.165) is 38.5 Å². The Morgan fingerprint density at radius 2 is 1.68 bits per heavy atom. The fourth-order valence-electron chi connectivity index (χ4n) is 4.29. The number of Topliss-reactive ketones (excluding diaryl/α,β-unsaturated/α-hetero) is 1. The second-order valence-corrected chi connectivity index (χ2v) is 6.82. The molecule has 0 saturated heterocycles. The van der Waals surface area contributed by atoms with Crippen LogP contribution in [0.1, 0.15) is 73.1 Å². The van der Waals surface area contributed by atoms with Gasteiger partial charge in [-0.3, -0.25) is 9.59 Å². The maximum Gasteiger partial charge on any atom is 0.316 e. The van der Waals surface area contributed by atoms with Crippen molar-refractivity contribution in [3.8, 4) is 0 Å². The van der Waals surface area contributed by atoms with E-state index in [1.54, 1.807) is 6.92 Å². The molecule has 25 heavy (non-hydrogen) atoms. The number of esters is 1. The lowest BCUT2D eigenvalue weighted by atomic mass is 9.78. The molecule has 0 N–H and O–H groups in total. The van der Waals surface area contributed by atoms with Gasteiger partial charge >= 0.3 is 5.97 Å². The van der Waals surface area contributed by atoms with Crippen LogP contribution in [0.4, 0.5) is 0 Å². The minimum Gasteiger partial charge on any atom is -0.465 e. The van der Waals surface area contributed by atoms with E-state index in [1.807, 2.05) is 13.8 Å². The maximum atomic E-state index is 12.4. The fourth-order valence-corrected chi connectivity index (χ4v) is 4.29. The second kappa shape index (κ2) is 10.9. The Kier molecular flexibility index (Phi) is 9.65. The summed E-state index contributed by atoms with van der Waals surface area (Å²) >= 11 is 0. The van der Waals surface area contributed by atoms with Gasteiger partial charge in [0.2, 0.25) is 0 Å². The summed E-state index contributed by atoms with van der Waals surface area (Å²) in [5.74, 6) is -1.95. The molecule has 0 aliphatic heterocycles. The molecule has 0 spiro atoms. The van der Waals surface area contributed by atoms with Crippen LogP contribution in [0.3, 0.4) is 0 Å². The summed E-state index contributed by atoms with van der Waals surface area (Å²) < 4.78 is 17.4. The van der Waals surface area contributed by atoms with Gasteiger partial charge in [0.05, 0.1) is 6.61 Å². The topological polar surface area (TPSA) is 61.8 Å². The minimum atomic E-state index is -0.714. The van der Waals surface area contributed by atoms with Crippen molar-refractivity contribution in [2.45, 2.75) is 78.9 Å². The van der Waals surface area contributed by atoms with Crippen LogP contribution in [0.5, 0.6) is 0 Å². The summed E-state index contributed by atoms with van der Waals surface area (Å²) in [7, 11) is 0. The average molecular weight is 357 g/mol. The largest absolute Gasteiger partial charge is 0.465 e. The van der Waals surface area contributed by atoms with Crippen LogP contribution in [0, 0.1) is 17.8 Å². The first-order chi connectivity index (χ1) is 12.0. The summed E-state index contributed by atoms with van der Waals surface area (Å²) in [5.41, 5.74) is 0. The first-order valence-corrected chi connectivity index (χ1v) is 9.92. The number of ether oxygens (including phenoxy) is 3. The fraction of sp³-hybridized carbons (Fsp3) is 0.900. The predicted octanol–water partition coefficient (Wildman–Crippen LogP) is 4.13. The Hall–Kier alpha value is -0.940. The van der Waals surface area contributed by atoms with Crippen molar-refractivity contribution >= 4 is 11.8 Å². The molecule has 1 saturated carbocycles. The van der Waals surface area contributed by atoms with Gasteiger partial charge in [0.25, 0.3) is 0 Å². The zero-order chi connectivity index (χ0) is 18.9. The molecule has 3 unspecified atom stereocenters. The highest BCUT2D eigenvalue weighted by Gasteiger charge is 2.54. The molecular formula is C20H36O5. The minimum absolute atomic E-state index is 0.0391. The average Bonchev–Trinajstić information content (AvgIpc) is 2.87. The van der Waals surface area contributed by atoms with Crippen molar-refractivity contribution in [2.24, 2.45) is 17.8 Å². The highest BCUT2D eigenvalue weighted by molar-refractivity contribution is 5.98. The normalized spacial score (nSPS) is 23.4. The predicted molar refractivity (Wildman–Crippen MR) is 97.1 cm³/mol. The van der Waals surface area contributed by atoms with Crippen molar-refractivity contribution in [1.29, 1.82) is 0 Å². The van der Waals surface area contributed by atoms with Crippen molar-refractivity contribution in [3.63, 3.8) is 0 Å². The van der Waals surface area contributed by atoms with Gasteiger partial charge in [0.15, 0.2) is 5.79 Å². The number of carbonyl (C=O) groups is 2. The third-order valence-corrected chi connectivity index (χ3v) is 5.21. The van der Waals surface area contributed by atoms with E-state index in [1.165, 1.54) is 6.92 Å². The van der Waals surface area contributed by atoms with E-state index < -0.39 is 17.7 Å². The van der Waals surface area contributed by atoms with E-state index in [-0.39, 0.29) is 24.2 Å². The number of hydrogen-bond acceptors (Lipinski definition) is 5. The molecule has 0 heterocycles. The van der Waals surface area contributed by atoms with Crippen LogP contribution in [-0.4, -0.2) is 37.4 Å². The number of carbonyl (C=O) groups excluding carboxylic acids is 2. The number of hydrogen-bond donors (Lipinski definition) is 0. The summed E-state index contributed by atoms with van der Waals surface area (Å²) in [6, 6.07) is 0. The van der Waals surface area contributed by atoms with Crippen LogP contribution < -0.4 is 0 Å². The zero-order valence-corrected chi connectivity index (χ0v) is 16.6. The summed E-state index contributed by atoms with van der Waals surface area (Å²) in [4.78, 5) is 24.7. The molecule has 5 heteroatoms. The van der Waals surface area contributed by atoms with Gasteiger partial charge < -0.3 is 14.2 Å². The van der Waals surface area contributed by atoms with Gasteiger partial charge in [0.1, 0.15) is 11.7 Å². The quantitative estimate of drug-likeness (QED) is 0.228. The van der Waals surface area contributed by atoms with Gasteiger partial charge in [0, 0.05) is 25.6 Å². The molecule has 1 rings (SSSR count). The molecule has 0 aromatic heterocycles. The van der Waals surface area contributed by atoms with E-state index >= 15 is 0 Å². The van der Waals surface area contributed by atoms with E-state index in [2.05, 4.69) is 6.92 Å². The smallest absolute Gasteiger partial charge is 0.316 e. The summed E-state index contributed by atoms with van der Waals surface area (Å²) in [6.45, 7) is 10.8. The van der Waals surface area contributed by atoms with Crippen molar-refractivity contribution in [1.82, 2.24) is 0 Å². The lowest BCUT2D eigenvalue weighted by Crippen LogP contribution is -2.44. The number of rotatable bonds is 12. The molecule has 0 aromatic carbocycles. The molecule has 3 atom stereocenters. The third-order valence-electron chi connectivity index (χ3n) is 5.21. The summed E-state index contributed by atoms with van der Waals surface area (Å²) in [6.07, 6.45) is 5.68. The Labute approximate surface area is 152 Å². The first kappa shape index (κ1) is 22.1. The molecule has 1 aliphatic carbocycles. The molecule has 0 amide bonds. The monoisotopic (exact) mass is 356 g/mol. The van der Waals surface area contributed by atoms with E-state index in [9.17, 15) is 9.59 Å². The molecule has 0 aromatic rings. The van der Waals surface area contributed by atoms with Gasteiger partial charge in [-0.15, -0.1) is 0 Å². The maximum absolute atomic E-state index is 12.4. The number of unbranched alkanes of at least 4 members (excludes halogenated alkanes) is 2. The SMILES string of the molecule is CCCCCC1C(C(C(C)=O)C(=O)OCC)CCC1(OCC)OCC. The molecule has 0 radical (unpaired) electrons. The Balaban J connectivity index is 3.12. The van der Waals surface area contributed by atoms with Gasteiger partial charge in [-0.2, -0.15) is 0 Å². The molecule has 1 fully saturated rings. The molecule has 5 nitrogen and oxygen atoms in total. The highest BCUT2D eigenvalue weighted by atomic mass is 16.7. The van der Waals surface area contributed by atoms with Crippen molar-refractivity contribution in [3.05, 3.63) is 0 Å². The zero-order valence-electron chi connectivity index (χ0n) is 16.6. The standard InChI is InChI=1S/C20H36O5/c1-6-10-11-12-17-16(18(15(5)21)19(22)23-7-2)13-14-20(17,24-8-3)25-9-4/h16-18H,6-14H2,1-5H3. The highest BCUT2D eigenvalue weighted by Crippen LogP contribution is 2.49. The van der Waals surface area contributed by atoms with Crippen LogP contribution >= 0.6 is 0 Å². The first-order valence-electron chi connectivity index (χ1n) is 9.92. The van der Waals surface area contributed by atoms with Gasteiger partial charge in [-0.1, -0.05) is 26.2 Å². The van der Waals surface area contributed by atoms with Crippen LogP contribution in [0.15, 0.2) is 0 Å². The Morgan fingerprint density at radius 3 is 2.16 bits per heavy atom. The van der Waals surface area contributed by atoms with Crippen molar-refractivity contribution in [2.75, 3.05) is 19.8 Å². The molecule has 146 valence electrons. The van der Waals surface area contributed by atoms with Crippen LogP contribution in [0.2, 0.25) is 0 Å². The number of ketones is 1. The Morgan fingerprint density at radius 1 is 1.04 bits per heavy atom. The van der Waals surface area contributed by atoms with Crippen molar-refractivity contribution < 1.29 is 23.8 Å². The third kappa shape index (κ3) is 5.52. The molecular weight excluding hydrogens is 320 g/mol. The summed E-state index contributed by atoms with van der Waals surface area (Å²) in [5, 5.41) is 0. The van der Waals surface area contributed by atoms with Crippen LogP contribution in [0.25, 0.3) is 0 Å². The van der Waals surface area contributed by atoms with Crippen LogP contribution in [-0.2, 0) is 23.8 Å². The second-order valence-electron chi connectivity index (χ2n) is 6.82. The molecule has 0 bridgehead atoms. The lowest BCUT2D eigenvalue weighted by molar-refractivity contribution is -0.258. The van der Waals surface area contributed by atoms with E-state index in [0.29, 0.717) is 13.2 Å². The van der Waals surface area contributed by atoms with E-state index in [4.69, 9.17) is 14.2 Å². The molecule has 1 aliphatic rings. The lowest BCUT2D eigenvalue weighted by Gasteiger charge is -2.38. The van der Waals surface area contributed by atoms with Gasteiger partial charge in [-0.25, -0.2) is 0 Å². The van der Waals surface area contributed by atoms with Gasteiger partial charge in [-0.05, 0) is 46.5 Å². The Bertz CT molecular complexity index is 414.